The molecular weight excluding hydrogens is 198 g/mol. The molecule has 2 N–H and O–H groups in total. The van der Waals surface area contributed by atoms with E-state index in [-0.39, 0.29) is 0 Å². The van der Waals surface area contributed by atoms with E-state index in [0.717, 1.165) is 22.8 Å². The number of aromatic nitrogens is 2. The molecule has 2 aromatic rings. The highest BCUT2D eigenvalue weighted by molar-refractivity contribution is 5.39. The van der Waals surface area contributed by atoms with Crippen molar-refractivity contribution in [3.8, 4) is 5.69 Å². The number of imidazole rings is 1. The van der Waals surface area contributed by atoms with Gasteiger partial charge in [0.15, 0.2) is 0 Å². The van der Waals surface area contributed by atoms with E-state index in [4.69, 9.17) is 5.73 Å². The zero-order valence-electron chi connectivity index (χ0n) is 9.99. The monoisotopic (exact) mass is 215 g/mol. The SMILES string of the molecule is Cc1nc(C)n(-c2cccc(CN)c2)c1C. The number of nitrogens with zero attached hydrogens (tertiary/aromatic N) is 2. The summed E-state index contributed by atoms with van der Waals surface area (Å²) in [4.78, 5) is 4.47. The van der Waals surface area contributed by atoms with E-state index in [2.05, 4.69) is 28.6 Å². The van der Waals surface area contributed by atoms with Gasteiger partial charge in [-0.15, -0.1) is 0 Å². The van der Waals surface area contributed by atoms with Gasteiger partial charge in [-0.2, -0.15) is 0 Å². The van der Waals surface area contributed by atoms with E-state index in [9.17, 15) is 0 Å². The molecule has 1 heterocycles. The average Bonchev–Trinajstić information content (AvgIpc) is 2.53. The summed E-state index contributed by atoms with van der Waals surface area (Å²) in [5.41, 5.74) is 10.2. The Balaban J connectivity index is 2.58. The van der Waals surface area contributed by atoms with Crippen molar-refractivity contribution in [3.63, 3.8) is 0 Å². The van der Waals surface area contributed by atoms with Crippen molar-refractivity contribution >= 4 is 0 Å². The average molecular weight is 215 g/mol. The number of hydrogen-bond acceptors (Lipinski definition) is 2. The van der Waals surface area contributed by atoms with Gasteiger partial charge >= 0.3 is 0 Å². The van der Waals surface area contributed by atoms with Crippen LogP contribution in [0.15, 0.2) is 24.3 Å². The topological polar surface area (TPSA) is 43.8 Å². The smallest absolute Gasteiger partial charge is 0.110 e. The van der Waals surface area contributed by atoms with Crippen LogP contribution >= 0.6 is 0 Å². The molecule has 3 nitrogen and oxygen atoms in total. The summed E-state index contributed by atoms with van der Waals surface area (Å²) in [6, 6.07) is 8.27. The van der Waals surface area contributed by atoms with Crippen LogP contribution in [0.2, 0.25) is 0 Å². The molecule has 0 radical (unpaired) electrons. The Hall–Kier alpha value is -1.61. The van der Waals surface area contributed by atoms with Crippen LogP contribution in [0.25, 0.3) is 5.69 Å². The fourth-order valence-corrected chi connectivity index (χ4v) is 1.98. The van der Waals surface area contributed by atoms with Crippen LogP contribution in [-0.2, 0) is 6.54 Å². The fraction of sp³-hybridized carbons (Fsp3) is 0.308. The lowest BCUT2D eigenvalue weighted by molar-refractivity contribution is 0.933. The first-order chi connectivity index (χ1) is 7.63. The van der Waals surface area contributed by atoms with E-state index in [1.165, 1.54) is 5.69 Å². The Morgan fingerprint density at radius 3 is 2.56 bits per heavy atom. The third-order valence-electron chi connectivity index (χ3n) is 2.92. The second kappa shape index (κ2) is 4.10. The molecule has 1 aromatic carbocycles. The van der Waals surface area contributed by atoms with Crippen LogP contribution in [-0.4, -0.2) is 9.55 Å². The maximum absolute atomic E-state index is 5.65. The second-order valence-electron chi connectivity index (χ2n) is 4.04. The molecule has 3 heteroatoms. The van der Waals surface area contributed by atoms with Crippen LogP contribution in [0, 0.1) is 20.8 Å². The first-order valence-electron chi connectivity index (χ1n) is 5.45. The molecule has 0 aliphatic carbocycles. The number of aryl methyl sites for hydroxylation is 2. The molecule has 1 aromatic heterocycles. The van der Waals surface area contributed by atoms with E-state index >= 15 is 0 Å². The van der Waals surface area contributed by atoms with Crippen molar-refractivity contribution in [2.75, 3.05) is 0 Å². The molecule has 84 valence electrons. The summed E-state index contributed by atoms with van der Waals surface area (Å²) in [5, 5.41) is 0. The summed E-state index contributed by atoms with van der Waals surface area (Å²) in [6.45, 7) is 6.71. The molecular formula is C13H17N3. The molecule has 16 heavy (non-hydrogen) atoms. The van der Waals surface area contributed by atoms with Gasteiger partial charge in [-0.1, -0.05) is 12.1 Å². The highest BCUT2D eigenvalue weighted by Gasteiger charge is 2.08. The number of hydrogen-bond donors (Lipinski definition) is 1. The van der Waals surface area contributed by atoms with Gasteiger partial charge in [0, 0.05) is 17.9 Å². The van der Waals surface area contributed by atoms with Crippen LogP contribution in [0.4, 0.5) is 0 Å². The summed E-state index contributed by atoms with van der Waals surface area (Å²) in [5.74, 6) is 1.02. The van der Waals surface area contributed by atoms with Crippen molar-refractivity contribution in [1.82, 2.24) is 9.55 Å². The maximum atomic E-state index is 5.65. The molecule has 0 bridgehead atoms. The van der Waals surface area contributed by atoms with E-state index in [1.807, 2.05) is 26.0 Å². The van der Waals surface area contributed by atoms with Gasteiger partial charge < -0.3 is 10.3 Å². The third kappa shape index (κ3) is 1.74. The van der Waals surface area contributed by atoms with Crippen LogP contribution in [0.5, 0.6) is 0 Å². The quantitative estimate of drug-likeness (QED) is 0.835. The zero-order valence-corrected chi connectivity index (χ0v) is 9.99. The normalized spacial score (nSPS) is 10.8. The minimum atomic E-state index is 0.569. The zero-order chi connectivity index (χ0) is 11.7. The van der Waals surface area contributed by atoms with Crippen LogP contribution < -0.4 is 5.73 Å². The Labute approximate surface area is 95.9 Å². The van der Waals surface area contributed by atoms with Crippen molar-refractivity contribution in [1.29, 1.82) is 0 Å². The van der Waals surface area contributed by atoms with E-state index in [0.29, 0.717) is 6.54 Å². The largest absolute Gasteiger partial charge is 0.326 e. The van der Waals surface area contributed by atoms with Gasteiger partial charge in [-0.25, -0.2) is 4.98 Å². The van der Waals surface area contributed by atoms with Crippen molar-refractivity contribution in [2.45, 2.75) is 27.3 Å². The van der Waals surface area contributed by atoms with Gasteiger partial charge in [-0.05, 0) is 38.5 Å². The Morgan fingerprint density at radius 2 is 2.00 bits per heavy atom. The summed E-state index contributed by atoms with van der Waals surface area (Å²) in [7, 11) is 0. The molecule has 0 unspecified atom stereocenters. The second-order valence-corrected chi connectivity index (χ2v) is 4.04. The van der Waals surface area contributed by atoms with E-state index < -0.39 is 0 Å². The number of nitrogens with two attached hydrogens (primary N) is 1. The highest BCUT2D eigenvalue weighted by Crippen LogP contribution is 2.18. The minimum absolute atomic E-state index is 0.569. The van der Waals surface area contributed by atoms with E-state index in [1.54, 1.807) is 0 Å². The molecule has 0 spiro atoms. The Bertz CT molecular complexity index is 512. The first kappa shape index (κ1) is 10.9. The summed E-state index contributed by atoms with van der Waals surface area (Å²) in [6.07, 6.45) is 0. The van der Waals surface area contributed by atoms with Crippen LogP contribution in [0.3, 0.4) is 0 Å². The lowest BCUT2D eigenvalue weighted by atomic mass is 10.2. The number of rotatable bonds is 2. The van der Waals surface area contributed by atoms with Crippen molar-refractivity contribution in [2.24, 2.45) is 5.73 Å². The number of benzene rings is 1. The maximum Gasteiger partial charge on any atom is 0.110 e. The van der Waals surface area contributed by atoms with Crippen molar-refractivity contribution in [3.05, 3.63) is 47.0 Å². The Morgan fingerprint density at radius 1 is 1.25 bits per heavy atom. The Kier molecular flexibility index (Phi) is 2.79. The molecule has 0 atom stereocenters. The standard InChI is InChI=1S/C13H17N3/c1-9-10(2)16(11(3)15-9)13-6-4-5-12(7-13)8-14/h4-7H,8,14H2,1-3H3. The van der Waals surface area contributed by atoms with Gasteiger partial charge in [0.1, 0.15) is 5.82 Å². The van der Waals surface area contributed by atoms with Gasteiger partial charge in [0.25, 0.3) is 0 Å². The molecule has 2 rings (SSSR count). The summed E-state index contributed by atoms with van der Waals surface area (Å²) < 4.78 is 2.16. The fourth-order valence-electron chi connectivity index (χ4n) is 1.98. The lowest BCUT2D eigenvalue weighted by Gasteiger charge is -2.09. The van der Waals surface area contributed by atoms with Crippen LogP contribution in [0.1, 0.15) is 22.8 Å². The van der Waals surface area contributed by atoms with Gasteiger partial charge in [-0.3, -0.25) is 0 Å². The molecule has 0 aliphatic rings. The summed E-state index contributed by atoms with van der Waals surface area (Å²) >= 11 is 0. The van der Waals surface area contributed by atoms with Gasteiger partial charge in [0.05, 0.1) is 5.69 Å². The highest BCUT2D eigenvalue weighted by atomic mass is 15.1. The third-order valence-corrected chi connectivity index (χ3v) is 2.92. The molecule has 0 fully saturated rings. The molecule has 0 amide bonds. The van der Waals surface area contributed by atoms with Gasteiger partial charge in [0.2, 0.25) is 0 Å². The molecule has 0 saturated carbocycles. The molecule has 0 aliphatic heterocycles. The predicted molar refractivity (Wildman–Crippen MR) is 65.7 cm³/mol. The minimum Gasteiger partial charge on any atom is -0.326 e. The first-order valence-corrected chi connectivity index (χ1v) is 5.45. The van der Waals surface area contributed by atoms with Crippen molar-refractivity contribution < 1.29 is 0 Å². The molecule has 0 saturated heterocycles. The predicted octanol–water partition coefficient (Wildman–Crippen LogP) is 2.26. The lowest BCUT2D eigenvalue weighted by Crippen LogP contribution is -2.02.